The third-order valence-corrected chi connectivity index (χ3v) is 4.25. The largest absolute Gasteiger partial charge is 0.366 e. The lowest BCUT2D eigenvalue weighted by Gasteiger charge is -2.47. The highest BCUT2D eigenvalue weighted by Gasteiger charge is 2.35. The van der Waals surface area contributed by atoms with Crippen molar-refractivity contribution in [3.8, 4) is 0 Å². The number of amides is 1. The summed E-state index contributed by atoms with van der Waals surface area (Å²) >= 11 is 0. The maximum absolute atomic E-state index is 14.4. The van der Waals surface area contributed by atoms with Gasteiger partial charge >= 0.3 is 0 Å². The number of hydrogen-bond acceptors (Lipinski definition) is 3. The van der Waals surface area contributed by atoms with Gasteiger partial charge in [-0.15, -0.1) is 0 Å². The van der Waals surface area contributed by atoms with Crippen molar-refractivity contribution in [2.75, 3.05) is 11.4 Å². The van der Waals surface area contributed by atoms with Gasteiger partial charge in [0.05, 0.1) is 6.21 Å². The molecule has 1 N–H and O–H groups in total. The molecule has 1 atom stereocenters. The normalized spacial score (nSPS) is 20.1. The van der Waals surface area contributed by atoms with Crippen LogP contribution in [0.3, 0.4) is 0 Å². The van der Waals surface area contributed by atoms with Crippen LogP contribution in [-0.2, 0) is 4.79 Å². The van der Waals surface area contributed by atoms with Crippen LogP contribution < -0.4 is 10.3 Å². The number of nitrogens with one attached hydrogen (secondary N) is 1. The summed E-state index contributed by atoms with van der Waals surface area (Å²) in [5.41, 5.74) is 4.80. The summed E-state index contributed by atoms with van der Waals surface area (Å²) in [5.74, 6) is -0.251. The van der Waals surface area contributed by atoms with Crippen LogP contribution in [0.5, 0.6) is 0 Å². The van der Waals surface area contributed by atoms with Crippen molar-refractivity contribution in [3.63, 3.8) is 0 Å². The second-order valence-electron chi connectivity index (χ2n) is 6.52. The van der Waals surface area contributed by atoms with E-state index in [-0.39, 0.29) is 17.3 Å². The molecule has 1 aliphatic heterocycles. The molecule has 0 spiro atoms. The summed E-state index contributed by atoms with van der Waals surface area (Å²) in [6.07, 6.45) is 2.38. The van der Waals surface area contributed by atoms with Crippen molar-refractivity contribution in [1.29, 1.82) is 0 Å². The summed E-state index contributed by atoms with van der Waals surface area (Å²) in [6.45, 7) is 10.8. The highest BCUT2D eigenvalue weighted by molar-refractivity contribution is 5.83. The number of halogens is 1. The zero-order valence-corrected chi connectivity index (χ0v) is 13.9. The van der Waals surface area contributed by atoms with E-state index in [1.165, 1.54) is 13.1 Å². The molecule has 0 saturated carbocycles. The fourth-order valence-corrected chi connectivity index (χ4v) is 3.41. The van der Waals surface area contributed by atoms with Gasteiger partial charge in [-0.05, 0) is 50.8 Å². The third-order valence-electron chi connectivity index (χ3n) is 4.25. The van der Waals surface area contributed by atoms with Gasteiger partial charge in [-0.3, -0.25) is 4.79 Å². The molecule has 1 aromatic rings. The fraction of sp³-hybridized carbons (Fsp3) is 0.529. The SMILES string of the molecule is CCN1c2cc(F)c(/C=N\NC(C)=O)cc2C(C)CC1(C)C. The van der Waals surface area contributed by atoms with Gasteiger partial charge in [0.15, 0.2) is 0 Å². The zero-order chi connectivity index (χ0) is 16.5. The maximum Gasteiger partial charge on any atom is 0.236 e. The number of fused-ring (bicyclic) bond motifs is 1. The Kier molecular flexibility index (Phi) is 4.54. The van der Waals surface area contributed by atoms with Gasteiger partial charge in [-0.1, -0.05) is 6.92 Å². The molecule has 0 bridgehead atoms. The minimum Gasteiger partial charge on any atom is -0.366 e. The second-order valence-corrected chi connectivity index (χ2v) is 6.52. The molecule has 0 fully saturated rings. The topological polar surface area (TPSA) is 44.7 Å². The molecule has 1 heterocycles. The summed E-state index contributed by atoms with van der Waals surface area (Å²) in [6, 6.07) is 3.43. The molecular weight excluding hydrogens is 281 g/mol. The number of anilines is 1. The Bertz CT molecular complexity index is 610. The molecular formula is C17H24FN3O. The van der Waals surface area contributed by atoms with E-state index in [9.17, 15) is 9.18 Å². The molecule has 0 aliphatic carbocycles. The molecule has 1 unspecified atom stereocenters. The Hall–Kier alpha value is -1.91. The van der Waals surface area contributed by atoms with Gasteiger partial charge < -0.3 is 4.90 Å². The van der Waals surface area contributed by atoms with Crippen LogP contribution in [0, 0.1) is 5.82 Å². The van der Waals surface area contributed by atoms with Gasteiger partial charge in [-0.2, -0.15) is 5.10 Å². The predicted octanol–water partition coefficient (Wildman–Crippen LogP) is 3.41. The van der Waals surface area contributed by atoms with E-state index in [0.717, 1.165) is 24.2 Å². The third kappa shape index (κ3) is 3.13. The first kappa shape index (κ1) is 16.5. The summed E-state index contributed by atoms with van der Waals surface area (Å²) in [4.78, 5) is 13.1. The molecule has 0 radical (unpaired) electrons. The maximum atomic E-state index is 14.4. The highest BCUT2D eigenvalue weighted by atomic mass is 19.1. The van der Waals surface area contributed by atoms with Crippen molar-refractivity contribution in [3.05, 3.63) is 29.1 Å². The van der Waals surface area contributed by atoms with E-state index >= 15 is 0 Å². The minimum atomic E-state index is -0.323. The Balaban J connectivity index is 2.44. The fourth-order valence-electron chi connectivity index (χ4n) is 3.41. The summed E-state index contributed by atoms with van der Waals surface area (Å²) < 4.78 is 14.4. The quantitative estimate of drug-likeness (QED) is 0.687. The van der Waals surface area contributed by atoms with E-state index in [4.69, 9.17) is 0 Å². The number of hydrogen-bond donors (Lipinski definition) is 1. The van der Waals surface area contributed by atoms with Crippen LogP contribution in [0.15, 0.2) is 17.2 Å². The molecule has 120 valence electrons. The van der Waals surface area contributed by atoms with Crippen molar-refractivity contribution >= 4 is 17.8 Å². The number of rotatable bonds is 3. The van der Waals surface area contributed by atoms with Crippen LogP contribution in [0.1, 0.15) is 58.1 Å². The van der Waals surface area contributed by atoms with Gasteiger partial charge in [0.2, 0.25) is 5.91 Å². The minimum absolute atomic E-state index is 0.0133. The van der Waals surface area contributed by atoms with Crippen molar-refractivity contribution in [2.45, 2.75) is 52.5 Å². The second kappa shape index (κ2) is 6.07. The van der Waals surface area contributed by atoms with Crippen molar-refractivity contribution in [2.24, 2.45) is 5.10 Å². The van der Waals surface area contributed by atoms with Crippen LogP contribution in [-0.4, -0.2) is 24.2 Å². The predicted molar refractivity (Wildman–Crippen MR) is 87.9 cm³/mol. The van der Waals surface area contributed by atoms with Crippen LogP contribution in [0.4, 0.5) is 10.1 Å². The standard InChI is InChI=1S/C17H24FN3O/c1-6-21-16-8-15(18)13(10-19-20-12(3)22)7-14(16)11(2)9-17(21,4)5/h7-8,10-11H,6,9H2,1-5H3,(H,20,22)/b19-10-. The highest BCUT2D eigenvalue weighted by Crippen LogP contribution is 2.43. The average molecular weight is 305 g/mol. The van der Waals surface area contributed by atoms with E-state index < -0.39 is 0 Å². The Morgan fingerprint density at radius 3 is 2.82 bits per heavy atom. The van der Waals surface area contributed by atoms with Crippen LogP contribution in [0.2, 0.25) is 0 Å². The van der Waals surface area contributed by atoms with Gasteiger partial charge in [-0.25, -0.2) is 9.82 Å². The van der Waals surface area contributed by atoms with Crippen LogP contribution in [0.25, 0.3) is 0 Å². The number of carbonyl (C=O) groups is 1. The number of carbonyl (C=O) groups excluding carboxylic acids is 1. The summed E-state index contributed by atoms with van der Waals surface area (Å²) in [7, 11) is 0. The molecule has 5 heteroatoms. The molecule has 22 heavy (non-hydrogen) atoms. The van der Waals surface area contributed by atoms with E-state index in [2.05, 4.69) is 43.1 Å². The average Bonchev–Trinajstić information content (AvgIpc) is 2.39. The van der Waals surface area contributed by atoms with Crippen molar-refractivity contribution < 1.29 is 9.18 Å². The number of nitrogens with zero attached hydrogens (tertiary/aromatic N) is 2. The first-order chi connectivity index (χ1) is 10.3. The van der Waals surface area contributed by atoms with Gasteiger partial charge in [0.25, 0.3) is 0 Å². The molecule has 0 aromatic heterocycles. The van der Waals surface area contributed by atoms with Crippen LogP contribution >= 0.6 is 0 Å². The van der Waals surface area contributed by atoms with Gasteiger partial charge in [0.1, 0.15) is 5.82 Å². The van der Waals surface area contributed by atoms with Gasteiger partial charge in [0, 0.05) is 30.3 Å². The summed E-state index contributed by atoms with van der Waals surface area (Å²) in [5, 5.41) is 3.77. The molecule has 1 amide bonds. The first-order valence-electron chi connectivity index (χ1n) is 7.67. The lowest BCUT2D eigenvalue weighted by Crippen LogP contribution is -2.48. The lowest BCUT2D eigenvalue weighted by atomic mass is 9.79. The van der Waals surface area contributed by atoms with Crippen molar-refractivity contribution in [1.82, 2.24) is 5.43 Å². The lowest BCUT2D eigenvalue weighted by molar-refractivity contribution is -0.118. The number of hydrazone groups is 1. The first-order valence-corrected chi connectivity index (χ1v) is 7.67. The zero-order valence-electron chi connectivity index (χ0n) is 13.9. The Labute approximate surface area is 131 Å². The number of benzene rings is 1. The smallest absolute Gasteiger partial charge is 0.236 e. The Morgan fingerprint density at radius 2 is 2.23 bits per heavy atom. The monoisotopic (exact) mass is 305 g/mol. The van der Waals surface area contributed by atoms with E-state index in [1.807, 2.05) is 6.07 Å². The molecule has 0 saturated heterocycles. The Morgan fingerprint density at radius 1 is 1.55 bits per heavy atom. The molecule has 4 nitrogen and oxygen atoms in total. The molecule has 1 aliphatic rings. The van der Waals surface area contributed by atoms with E-state index in [1.54, 1.807) is 6.07 Å². The molecule has 2 rings (SSSR count). The molecule has 1 aromatic carbocycles. The van der Waals surface area contributed by atoms with E-state index in [0.29, 0.717) is 11.5 Å².